The Morgan fingerprint density at radius 2 is 1.96 bits per heavy atom. The van der Waals surface area contributed by atoms with Crippen LogP contribution in [0.3, 0.4) is 0 Å². The van der Waals surface area contributed by atoms with Crippen molar-refractivity contribution >= 4 is 17.5 Å². The topological polar surface area (TPSA) is 40.6 Å². The molecule has 0 unspecified atom stereocenters. The van der Waals surface area contributed by atoms with E-state index in [-0.39, 0.29) is 11.8 Å². The van der Waals surface area contributed by atoms with Crippen LogP contribution in [-0.4, -0.2) is 36.9 Å². The van der Waals surface area contributed by atoms with Crippen LogP contribution in [0.15, 0.2) is 48.5 Å². The molecule has 0 aliphatic carbocycles. The molecule has 122 valence electrons. The van der Waals surface area contributed by atoms with Crippen LogP contribution < -0.4 is 4.90 Å². The standard InChI is InChI=1S/C19H17FN2O2/c1-21-16-8-3-2-7-15(16)19(18(21)24)9-10-22(12-19)17(23)13-5-4-6-14(20)11-13/h2-8,11H,9-10,12H2,1H3/t19-/m1/s1. The number of halogens is 1. The van der Waals surface area contributed by atoms with Crippen LogP contribution >= 0.6 is 0 Å². The van der Waals surface area contributed by atoms with Crippen LogP contribution in [0.25, 0.3) is 0 Å². The maximum atomic E-state index is 13.4. The zero-order valence-corrected chi connectivity index (χ0v) is 13.3. The van der Waals surface area contributed by atoms with E-state index < -0.39 is 11.2 Å². The number of amides is 2. The van der Waals surface area contributed by atoms with Gasteiger partial charge >= 0.3 is 0 Å². The van der Waals surface area contributed by atoms with Crippen molar-refractivity contribution < 1.29 is 14.0 Å². The highest BCUT2D eigenvalue weighted by atomic mass is 19.1. The van der Waals surface area contributed by atoms with Crippen molar-refractivity contribution in [3.63, 3.8) is 0 Å². The first kappa shape index (κ1) is 14.9. The Kier molecular flexibility index (Phi) is 3.20. The van der Waals surface area contributed by atoms with Gasteiger partial charge in [-0.2, -0.15) is 0 Å². The van der Waals surface area contributed by atoms with Gasteiger partial charge in [0.1, 0.15) is 5.82 Å². The summed E-state index contributed by atoms with van der Waals surface area (Å²) in [6.07, 6.45) is 0.592. The van der Waals surface area contributed by atoms with Gasteiger partial charge in [0.2, 0.25) is 5.91 Å². The van der Waals surface area contributed by atoms with Crippen molar-refractivity contribution in [3.8, 4) is 0 Å². The van der Waals surface area contributed by atoms with E-state index in [4.69, 9.17) is 0 Å². The van der Waals surface area contributed by atoms with Crippen molar-refractivity contribution in [2.24, 2.45) is 0 Å². The molecular formula is C19H17FN2O2. The van der Waals surface area contributed by atoms with Crippen molar-refractivity contribution in [1.82, 2.24) is 4.90 Å². The molecule has 2 aliphatic heterocycles. The number of fused-ring (bicyclic) bond motifs is 2. The Balaban J connectivity index is 1.67. The fourth-order valence-electron chi connectivity index (χ4n) is 3.90. The smallest absolute Gasteiger partial charge is 0.254 e. The van der Waals surface area contributed by atoms with Gasteiger partial charge in [0, 0.05) is 31.4 Å². The number of carbonyl (C=O) groups excluding carboxylic acids is 2. The third kappa shape index (κ3) is 1.97. The molecule has 2 aromatic rings. The lowest BCUT2D eigenvalue weighted by atomic mass is 9.81. The first-order valence-corrected chi connectivity index (χ1v) is 7.95. The lowest BCUT2D eigenvalue weighted by Gasteiger charge is -2.23. The van der Waals surface area contributed by atoms with Gasteiger partial charge in [-0.25, -0.2) is 4.39 Å². The van der Waals surface area contributed by atoms with E-state index in [9.17, 15) is 14.0 Å². The Morgan fingerprint density at radius 1 is 1.17 bits per heavy atom. The molecule has 1 atom stereocenters. The van der Waals surface area contributed by atoms with Crippen molar-refractivity contribution in [2.75, 3.05) is 25.0 Å². The fourth-order valence-corrected chi connectivity index (χ4v) is 3.90. The normalized spacial score (nSPS) is 22.3. The summed E-state index contributed by atoms with van der Waals surface area (Å²) in [5.41, 5.74) is 1.53. The van der Waals surface area contributed by atoms with Crippen LogP contribution in [0.2, 0.25) is 0 Å². The number of benzene rings is 2. The lowest BCUT2D eigenvalue weighted by molar-refractivity contribution is -0.122. The second-order valence-corrected chi connectivity index (χ2v) is 6.45. The van der Waals surface area contributed by atoms with Gasteiger partial charge in [-0.1, -0.05) is 24.3 Å². The highest BCUT2D eigenvalue weighted by molar-refractivity contribution is 6.09. The van der Waals surface area contributed by atoms with Gasteiger partial charge in [0.15, 0.2) is 0 Å². The molecule has 2 aromatic carbocycles. The molecule has 4 nitrogen and oxygen atoms in total. The van der Waals surface area contributed by atoms with E-state index in [0.29, 0.717) is 25.1 Å². The summed E-state index contributed by atoms with van der Waals surface area (Å²) >= 11 is 0. The third-order valence-electron chi connectivity index (χ3n) is 5.12. The average Bonchev–Trinajstić information content (AvgIpc) is 3.13. The monoisotopic (exact) mass is 324 g/mol. The summed E-state index contributed by atoms with van der Waals surface area (Å²) in [6.45, 7) is 0.825. The minimum Gasteiger partial charge on any atom is -0.337 e. The second kappa shape index (κ2) is 5.16. The molecule has 0 saturated carbocycles. The summed E-state index contributed by atoms with van der Waals surface area (Å²) in [5.74, 6) is -0.638. The zero-order chi connectivity index (χ0) is 16.9. The molecule has 0 N–H and O–H groups in total. The molecule has 1 saturated heterocycles. The molecule has 0 radical (unpaired) electrons. The molecule has 2 amide bonds. The van der Waals surface area contributed by atoms with Crippen molar-refractivity contribution in [3.05, 3.63) is 65.5 Å². The van der Waals surface area contributed by atoms with Gasteiger partial charge in [0.05, 0.1) is 5.41 Å². The summed E-state index contributed by atoms with van der Waals surface area (Å²) in [7, 11) is 1.77. The Morgan fingerprint density at radius 3 is 2.75 bits per heavy atom. The number of para-hydroxylation sites is 1. The third-order valence-corrected chi connectivity index (χ3v) is 5.12. The number of hydrogen-bond donors (Lipinski definition) is 0. The van der Waals surface area contributed by atoms with Crippen LogP contribution in [-0.2, 0) is 10.2 Å². The van der Waals surface area contributed by atoms with E-state index in [2.05, 4.69) is 0 Å². The number of likely N-dealkylation sites (N-methyl/N-ethyl adjacent to an activating group) is 1. The summed E-state index contributed by atoms with van der Waals surface area (Å²) < 4.78 is 13.4. The van der Waals surface area contributed by atoms with Crippen LogP contribution in [0, 0.1) is 5.82 Å². The van der Waals surface area contributed by atoms with E-state index in [1.165, 1.54) is 18.2 Å². The maximum absolute atomic E-state index is 13.4. The quantitative estimate of drug-likeness (QED) is 0.809. The number of rotatable bonds is 1. The van der Waals surface area contributed by atoms with E-state index in [1.54, 1.807) is 22.9 Å². The second-order valence-electron chi connectivity index (χ2n) is 6.45. The zero-order valence-electron chi connectivity index (χ0n) is 13.3. The van der Waals surface area contributed by atoms with Crippen molar-refractivity contribution in [2.45, 2.75) is 11.8 Å². The first-order valence-electron chi connectivity index (χ1n) is 7.95. The number of hydrogen-bond acceptors (Lipinski definition) is 2. The van der Waals surface area contributed by atoms with Crippen molar-refractivity contribution in [1.29, 1.82) is 0 Å². The summed E-state index contributed by atoms with van der Waals surface area (Å²) in [5, 5.41) is 0. The van der Waals surface area contributed by atoms with E-state index in [1.807, 2.05) is 24.3 Å². The minimum absolute atomic E-state index is 0.0262. The molecule has 24 heavy (non-hydrogen) atoms. The first-order chi connectivity index (χ1) is 11.5. The van der Waals surface area contributed by atoms with Gasteiger partial charge in [-0.3, -0.25) is 9.59 Å². The van der Waals surface area contributed by atoms with Gasteiger partial charge in [-0.15, -0.1) is 0 Å². The number of anilines is 1. The van der Waals surface area contributed by atoms with E-state index >= 15 is 0 Å². The van der Waals surface area contributed by atoms with Gasteiger partial charge in [-0.05, 0) is 36.2 Å². The molecule has 1 spiro atoms. The SMILES string of the molecule is CN1C(=O)[C@@]2(CCN(C(=O)c3cccc(F)c3)C2)c2ccccc21. The Hall–Kier alpha value is -2.69. The lowest BCUT2D eigenvalue weighted by Crippen LogP contribution is -2.42. The van der Waals surface area contributed by atoms with Crippen LogP contribution in [0.5, 0.6) is 0 Å². The Bertz CT molecular complexity index is 851. The molecule has 0 aromatic heterocycles. The number of likely N-dealkylation sites (tertiary alicyclic amines) is 1. The predicted molar refractivity (Wildman–Crippen MR) is 88.5 cm³/mol. The highest BCUT2D eigenvalue weighted by Gasteiger charge is 2.54. The van der Waals surface area contributed by atoms with Gasteiger partial charge in [0.25, 0.3) is 5.91 Å². The predicted octanol–water partition coefficient (Wildman–Crippen LogP) is 2.59. The van der Waals surface area contributed by atoms with Crippen LogP contribution in [0.4, 0.5) is 10.1 Å². The number of nitrogens with zero attached hydrogens (tertiary/aromatic N) is 2. The highest BCUT2D eigenvalue weighted by Crippen LogP contribution is 2.46. The maximum Gasteiger partial charge on any atom is 0.254 e. The van der Waals surface area contributed by atoms with E-state index in [0.717, 1.165) is 11.3 Å². The molecule has 4 rings (SSSR count). The Labute approximate surface area is 139 Å². The fraction of sp³-hybridized carbons (Fsp3) is 0.263. The summed E-state index contributed by atoms with van der Waals surface area (Å²) in [4.78, 5) is 28.9. The minimum atomic E-state index is -0.672. The average molecular weight is 324 g/mol. The molecule has 2 aliphatic rings. The van der Waals surface area contributed by atoms with Crippen LogP contribution in [0.1, 0.15) is 22.3 Å². The summed E-state index contributed by atoms with van der Waals surface area (Å²) in [6, 6.07) is 13.4. The molecule has 5 heteroatoms. The molecule has 0 bridgehead atoms. The molecule has 1 fully saturated rings. The van der Waals surface area contributed by atoms with Gasteiger partial charge < -0.3 is 9.80 Å². The molecule has 2 heterocycles. The number of carbonyl (C=O) groups is 2. The largest absolute Gasteiger partial charge is 0.337 e. The molecular weight excluding hydrogens is 307 g/mol.